The maximum absolute atomic E-state index is 12.4. The first-order chi connectivity index (χ1) is 9.60. The van der Waals surface area contributed by atoms with Gasteiger partial charge in [0, 0.05) is 25.0 Å². The van der Waals surface area contributed by atoms with Gasteiger partial charge >= 0.3 is 0 Å². The van der Waals surface area contributed by atoms with E-state index in [1.54, 1.807) is 6.92 Å². The summed E-state index contributed by atoms with van der Waals surface area (Å²) in [6.45, 7) is 3.14. The summed E-state index contributed by atoms with van der Waals surface area (Å²) in [6.07, 6.45) is 5.67. The van der Waals surface area contributed by atoms with Crippen LogP contribution in [0.4, 0.5) is 0 Å². The van der Waals surface area contributed by atoms with E-state index >= 15 is 0 Å². The van der Waals surface area contributed by atoms with Crippen molar-refractivity contribution >= 4 is 11.8 Å². The molecule has 0 saturated carbocycles. The zero-order chi connectivity index (χ0) is 14.2. The standard InChI is InChI=1S/C14H19N3O3/c1-10-11(9-15-20-10)13(19)17-7-2-4-14(6-8-17)5-3-12(18)16-14/h9H,2-8H2,1H3,(H,16,18). The lowest BCUT2D eigenvalue weighted by atomic mass is 9.89. The summed E-state index contributed by atoms with van der Waals surface area (Å²) in [7, 11) is 0. The molecule has 2 aliphatic heterocycles. The highest BCUT2D eigenvalue weighted by molar-refractivity contribution is 5.94. The Balaban J connectivity index is 1.70. The molecule has 2 saturated heterocycles. The maximum Gasteiger partial charge on any atom is 0.259 e. The zero-order valence-electron chi connectivity index (χ0n) is 11.6. The topological polar surface area (TPSA) is 75.4 Å². The van der Waals surface area contributed by atoms with Crippen LogP contribution in [0.25, 0.3) is 0 Å². The summed E-state index contributed by atoms with van der Waals surface area (Å²) in [5, 5.41) is 6.77. The number of amides is 2. The van der Waals surface area contributed by atoms with Gasteiger partial charge < -0.3 is 14.7 Å². The van der Waals surface area contributed by atoms with Crippen LogP contribution >= 0.6 is 0 Å². The molecule has 2 amide bonds. The summed E-state index contributed by atoms with van der Waals surface area (Å²) in [5.74, 6) is 0.674. The number of nitrogens with one attached hydrogen (secondary N) is 1. The highest BCUT2D eigenvalue weighted by Crippen LogP contribution is 2.31. The molecule has 2 aliphatic rings. The van der Waals surface area contributed by atoms with Gasteiger partial charge in [0.05, 0.1) is 6.20 Å². The van der Waals surface area contributed by atoms with Crippen LogP contribution in [-0.4, -0.2) is 40.5 Å². The van der Waals surface area contributed by atoms with Crippen molar-refractivity contribution in [3.05, 3.63) is 17.5 Å². The van der Waals surface area contributed by atoms with Crippen molar-refractivity contribution in [1.82, 2.24) is 15.4 Å². The molecule has 1 aromatic heterocycles. The van der Waals surface area contributed by atoms with Gasteiger partial charge in [0.15, 0.2) is 0 Å². The van der Waals surface area contributed by atoms with Gasteiger partial charge in [0.25, 0.3) is 5.91 Å². The van der Waals surface area contributed by atoms with E-state index in [2.05, 4.69) is 10.5 Å². The molecule has 6 nitrogen and oxygen atoms in total. The lowest BCUT2D eigenvalue weighted by Gasteiger charge is -2.27. The number of carbonyl (C=O) groups excluding carboxylic acids is 2. The number of aryl methyl sites for hydroxylation is 1. The van der Waals surface area contributed by atoms with Gasteiger partial charge in [-0.05, 0) is 32.6 Å². The number of rotatable bonds is 1. The zero-order valence-corrected chi connectivity index (χ0v) is 11.6. The van der Waals surface area contributed by atoms with Gasteiger partial charge in [0.1, 0.15) is 11.3 Å². The Morgan fingerprint density at radius 3 is 2.90 bits per heavy atom. The monoisotopic (exact) mass is 277 g/mol. The van der Waals surface area contributed by atoms with Crippen molar-refractivity contribution in [2.45, 2.75) is 44.6 Å². The van der Waals surface area contributed by atoms with Crippen molar-refractivity contribution < 1.29 is 14.1 Å². The highest BCUT2D eigenvalue weighted by atomic mass is 16.5. The van der Waals surface area contributed by atoms with Crippen molar-refractivity contribution in [2.24, 2.45) is 0 Å². The normalized spacial score (nSPS) is 26.6. The summed E-state index contributed by atoms with van der Waals surface area (Å²) < 4.78 is 4.96. The van der Waals surface area contributed by atoms with Crippen molar-refractivity contribution in [2.75, 3.05) is 13.1 Å². The van der Waals surface area contributed by atoms with Gasteiger partial charge in [0.2, 0.25) is 5.91 Å². The van der Waals surface area contributed by atoms with E-state index in [9.17, 15) is 9.59 Å². The smallest absolute Gasteiger partial charge is 0.259 e. The summed E-state index contributed by atoms with van der Waals surface area (Å²) in [5.41, 5.74) is 0.451. The number of nitrogens with zero attached hydrogens (tertiary/aromatic N) is 2. The average Bonchev–Trinajstić information content (AvgIpc) is 2.93. The molecule has 1 N–H and O–H groups in total. The van der Waals surface area contributed by atoms with Gasteiger partial charge in [-0.3, -0.25) is 9.59 Å². The van der Waals surface area contributed by atoms with Gasteiger partial charge in [-0.1, -0.05) is 5.16 Å². The maximum atomic E-state index is 12.4. The first-order valence-electron chi connectivity index (χ1n) is 7.11. The first-order valence-corrected chi connectivity index (χ1v) is 7.11. The second-order valence-electron chi connectivity index (χ2n) is 5.77. The van der Waals surface area contributed by atoms with E-state index in [4.69, 9.17) is 4.52 Å². The summed E-state index contributed by atoms with van der Waals surface area (Å²) in [4.78, 5) is 25.7. The van der Waals surface area contributed by atoms with Crippen LogP contribution in [0.1, 0.15) is 48.2 Å². The third-order valence-corrected chi connectivity index (χ3v) is 4.45. The molecule has 3 heterocycles. The molecule has 1 atom stereocenters. The Morgan fingerprint density at radius 2 is 2.25 bits per heavy atom. The minimum absolute atomic E-state index is 0.0230. The highest BCUT2D eigenvalue weighted by Gasteiger charge is 2.39. The Kier molecular flexibility index (Phi) is 3.23. The van der Waals surface area contributed by atoms with E-state index in [1.165, 1.54) is 6.20 Å². The lowest BCUT2D eigenvalue weighted by Crippen LogP contribution is -2.42. The average molecular weight is 277 g/mol. The van der Waals surface area contributed by atoms with Crippen LogP contribution in [0, 0.1) is 6.92 Å². The van der Waals surface area contributed by atoms with Crippen LogP contribution in [0.3, 0.4) is 0 Å². The number of hydrogen-bond acceptors (Lipinski definition) is 4. The van der Waals surface area contributed by atoms with Crippen molar-refractivity contribution in [3.63, 3.8) is 0 Å². The van der Waals surface area contributed by atoms with Gasteiger partial charge in [-0.15, -0.1) is 0 Å². The molecule has 6 heteroatoms. The van der Waals surface area contributed by atoms with Gasteiger partial charge in [-0.2, -0.15) is 0 Å². The lowest BCUT2D eigenvalue weighted by molar-refractivity contribution is -0.119. The third kappa shape index (κ3) is 2.30. The molecule has 1 spiro atoms. The molecule has 1 aromatic rings. The van der Waals surface area contributed by atoms with Crippen LogP contribution in [0.2, 0.25) is 0 Å². The molecular weight excluding hydrogens is 258 g/mol. The van der Waals surface area contributed by atoms with Crippen molar-refractivity contribution in [1.29, 1.82) is 0 Å². The second-order valence-corrected chi connectivity index (χ2v) is 5.77. The number of hydrogen-bond donors (Lipinski definition) is 1. The summed E-state index contributed by atoms with van der Waals surface area (Å²) >= 11 is 0. The fourth-order valence-corrected chi connectivity index (χ4v) is 3.22. The van der Waals surface area contributed by atoms with Crippen LogP contribution in [-0.2, 0) is 4.79 Å². The predicted molar refractivity (Wildman–Crippen MR) is 71.1 cm³/mol. The molecule has 2 fully saturated rings. The minimum atomic E-state index is -0.0875. The molecule has 20 heavy (non-hydrogen) atoms. The Morgan fingerprint density at radius 1 is 1.40 bits per heavy atom. The second kappa shape index (κ2) is 4.92. The number of aromatic nitrogens is 1. The Labute approximate surface area is 117 Å². The van der Waals surface area contributed by atoms with E-state index in [1.807, 2.05) is 4.90 Å². The first kappa shape index (κ1) is 13.1. The van der Waals surface area contributed by atoms with E-state index < -0.39 is 0 Å². The number of likely N-dealkylation sites (tertiary alicyclic amines) is 1. The number of carbonyl (C=O) groups is 2. The predicted octanol–water partition coefficient (Wildman–Crippen LogP) is 1.26. The quantitative estimate of drug-likeness (QED) is 0.838. The summed E-state index contributed by atoms with van der Waals surface area (Å²) in [6, 6.07) is 0. The molecule has 0 bridgehead atoms. The molecule has 108 valence electrons. The molecule has 3 rings (SSSR count). The SMILES string of the molecule is Cc1oncc1C(=O)N1CCCC2(CCC(=O)N2)CC1. The third-order valence-electron chi connectivity index (χ3n) is 4.45. The molecule has 0 aliphatic carbocycles. The van der Waals surface area contributed by atoms with Crippen molar-refractivity contribution in [3.8, 4) is 0 Å². The van der Waals surface area contributed by atoms with E-state index in [0.29, 0.717) is 24.3 Å². The van der Waals surface area contributed by atoms with Crippen LogP contribution in [0.15, 0.2) is 10.7 Å². The Hall–Kier alpha value is -1.85. The van der Waals surface area contributed by atoms with Gasteiger partial charge in [-0.25, -0.2) is 0 Å². The van der Waals surface area contributed by atoms with Crippen LogP contribution in [0.5, 0.6) is 0 Å². The molecule has 1 unspecified atom stereocenters. The van der Waals surface area contributed by atoms with Crippen LogP contribution < -0.4 is 5.32 Å². The minimum Gasteiger partial charge on any atom is -0.361 e. The Bertz CT molecular complexity index is 540. The molecule has 0 aromatic carbocycles. The van der Waals surface area contributed by atoms with E-state index in [0.717, 1.165) is 32.2 Å². The fraction of sp³-hybridized carbons (Fsp3) is 0.643. The molecular formula is C14H19N3O3. The largest absolute Gasteiger partial charge is 0.361 e. The fourth-order valence-electron chi connectivity index (χ4n) is 3.22. The molecule has 0 radical (unpaired) electrons. The van der Waals surface area contributed by atoms with E-state index in [-0.39, 0.29) is 17.4 Å².